The first kappa shape index (κ1) is 10.6. The fourth-order valence-electron chi connectivity index (χ4n) is 1.73. The van der Waals surface area contributed by atoms with Gasteiger partial charge >= 0.3 is 0 Å². The van der Waals surface area contributed by atoms with Gasteiger partial charge in [0, 0.05) is 32.5 Å². The third kappa shape index (κ3) is 3.28. The Morgan fingerprint density at radius 1 is 1.53 bits per heavy atom. The average Bonchev–Trinajstić information content (AvgIpc) is 2.66. The maximum absolute atomic E-state index is 5.38. The van der Waals surface area contributed by atoms with E-state index in [4.69, 9.17) is 9.26 Å². The van der Waals surface area contributed by atoms with Crippen molar-refractivity contribution in [1.29, 1.82) is 0 Å². The molecule has 0 aliphatic carbocycles. The van der Waals surface area contributed by atoms with Crippen molar-refractivity contribution in [2.24, 2.45) is 0 Å². The van der Waals surface area contributed by atoms with Crippen LogP contribution in [-0.4, -0.2) is 35.9 Å². The lowest BCUT2D eigenvalue weighted by atomic mass is 10.1. The summed E-state index contributed by atoms with van der Waals surface area (Å²) in [6.07, 6.45) is 3.16. The smallest absolute Gasteiger partial charge is 0.223 e. The first-order chi connectivity index (χ1) is 7.34. The molecule has 0 bridgehead atoms. The highest BCUT2D eigenvalue weighted by Gasteiger charge is 2.12. The highest BCUT2D eigenvalue weighted by Crippen LogP contribution is 2.05. The van der Waals surface area contributed by atoms with Crippen LogP contribution in [0.2, 0.25) is 0 Å². The molecule has 0 amide bonds. The molecular formula is C10H17N3O2. The van der Waals surface area contributed by atoms with E-state index >= 15 is 0 Å². The molecule has 1 aliphatic heterocycles. The number of aromatic nitrogens is 2. The number of hydrogen-bond donors (Lipinski definition) is 1. The Hall–Kier alpha value is -0.940. The summed E-state index contributed by atoms with van der Waals surface area (Å²) in [6.45, 7) is 4.42. The van der Waals surface area contributed by atoms with Gasteiger partial charge in [-0.05, 0) is 12.8 Å². The third-order valence-electron chi connectivity index (χ3n) is 2.51. The summed E-state index contributed by atoms with van der Waals surface area (Å²) in [7, 11) is 0. The van der Waals surface area contributed by atoms with E-state index in [9.17, 15) is 0 Å². The minimum atomic E-state index is 0.492. The molecule has 1 fully saturated rings. The van der Waals surface area contributed by atoms with E-state index in [2.05, 4.69) is 15.5 Å². The number of nitrogens with zero attached hydrogens (tertiary/aromatic N) is 2. The average molecular weight is 211 g/mol. The quantitative estimate of drug-likeness (QED) is 0.794. The summed E-state index contributed by atoms with van der Waals surface area (Å²) >= 11 is 0. The molecule has 1 aromatic rings. The van der Waals surface area contributed by atoms with Crippen LogP contribution in [0.4, 0.5) is 0 Å². The van der Waals surface area contributed by atoms with Crippen LogP contribution in [0, 0.1) is 6.92 Å². The SMILES string of the molecule is Cc1nc(CCNC2CCCOC2)no1. The van der Waals surface area contributed by atoms with Crippen molar-refractivity contribution in [3.8, 4) is 0 Å². The molecule has 1 aliphatic rings. The van der Waals surface area contributed by atoms with Gasteiger partial charge < -0.3 is 14.6 Å². The molecule has 0 spiro atoms. The lowest BCUT2D eigenvalue weighted by molar-refractivity contribution is 0.0706. The molecule has 84 valence electrons. The fraction of sp³-hybridized carbons (Fsp3) is 0.800. The lowest BCUT2D eigenvalue weighted by Crippen LogP contribution is -2.37. The minimum absolute atomic E-state index is 0.492. The van der Waals surface area contributed by atoms with Crippen molar-refractivity contribution in [2.45, 2.75) is 32.2 Å². The molecular weight excluding hydrogens is 194 g/mol. The van der Waals surface area contributed by atoms with Crippen molar-refractivity contribution >= 4 is 0 Å². The second kappa shape index (κ2) is 5.23. The predicted molar refractivity (Wildman–Crippen MR) is 54.6 cm³/mol. The van der Waals surface area contributed by atoms with Crippen molar-refractivity contribution in [1.82, 2.24) is 15.5 Å². The van der Waals surface area contributed by atoms with Crippen molar-refractivity contribution in [2.75, 3.05) is 19.8 Å². The zero-order valence-electron chi connectivity index (χ0n) is 9.03. The highest BCUT2D eigenvalue weighted by molar-refractivity contribution is 4.85. The number of rotatable bonds is 4. The van der Waals surface area contributed by atoms with Crippen LogP contribution in [0.15, 0.2) is 4.52 Å². The first-order valence-electron chi connectivity index (χ1n) is 5.45. The molecule has 0 saturated carbocycles. The highest BCUT2D eigenvalue weighted by atomic mass is 16.5. The van der Waals surface area contributed by atoms with Gasteiger partial charge in [-0.3, -0.25) is 0 Å². The summed E-state index contributed by atoms with van der Waals surface area (Å²) < 4.78 is 10.3. The van der Waals surface area contributed by atoms with E-state index in [0.29, 0.717) is 11.9 Å². The minimum Gasteiger partial charge on any atom is -0.380 e. The molecule has 5 nitrogen and oxygen atoms in total. The number of hydrogen-bond acceptors (Lipinski definition) is 5. The van der Waals surface area contributed by atoms with Gasteiger partial charge in [0.15, 0.2) is 5.82 Å². The maximum Gasteiger partial charge on any atom is 0.223 e. The summed E-state index contributed by atoms with van der Waals surface area (Å²) in [4.78, 5) is 4.14. The molecule has 15 heavy (non-hydrogen) atoms. The first-order valence-corrected chi connectivity index (χ1v) is 5.45. The van der Waals surface area contributed by atoms with Crippen LogP contribution in [0.3, 0.4) is 0 Å². The monoisotopic (exact) mass is 211 g/mol. The Morgan fingerprint density at radius 2 is 2.47 bits per heavy atom. The largest absolute Gasteiger partial charge is 0.380 e. The van der Waals surface area contributed by atoms with E-state index in [1.807, 2.05) is 0 Å². The van der Waals surface area contributed by atoms with E-state index in [1.165, 1.54) is 6.42 Å². The van der Waals surface area contributed by atoms with Gasteiger partial charge in [0.1, 0.15) is 0 Å². The second-order valence-electron chi connectivity index (χ2n) is 3.85. The fourth-order valence-corrected chi connectivity index (χ4v) is 1.73. The Balaban J connectivity index is 1.65. The number of aryl methyl sites for hydroxylation is 1. The molecule has 1 atom stereocenters. The van der Waals surface area contributed by atoms with Gasteiger partial charge in [-0.1, -0.05) is 5.16 Å². The van der Waals surface area contributed by atoms with Crippen LogP contribution < -0.4 is 5.32 Å². The molecule has 2 rings (SSSR count). The van der Waals surface area contributed by atoms with Gasteiger partial charge in [0.25, 0.3) is 0 Å². The van der Waals surface area contributed by atoms with Crippen LogP contribution in [0.1, 0.15) is 24.6 Å². The number of ether oxygens (including phenoxy) is 1. The van der Waals surface area contributed by atoms with Crippen LogP contribution in [0.5, 0.6) is 0 Å². The zero-order chi connectivity index (χ0) is 10.5. The van der Waals surface area contributed by atoms with Crippen LogP contribution in [-0.2, 0) is 11.2 Å². The Labute approximate surface area is 89.2 Å². The molecule has 0 radical (unpaired) electrons. The standard InChI is InChI=1S/C10H17N3O2/c1-8-12-10(13-15-8)4-5-11-9-3-2-6-14-7-9/h9,11H,2-7H2,1H3. The van der Waals surface area contributed by atoms with Gasteiger partial charge in [0.2, 0.25) is 5.89 Å². The van der Waals surface area contributed by atoms with Crippen molar-refractivity contribution in [3.63, 3.8) is 0 Å². The van der Waals surface area contributed by atoms with Gasteiger partial charge in [-0.15, -0.1) is 0 Å². The predicted octanol–water partition coefficient (Wildman–Crippen LogP) is 0.689. The summed E-state index contributed by atoms with van der Waals surface area (Å²) in [5, 5.41) is 7.27. The van der Waals surface area contributed by atoms with E-state index in [1.54, 1.807) is 6.92 Å². The maximum atomic E-state index is 5.38. The van der Waals surface area contributed by atoms with E-state index in [0.717, 1.165) is 38.4 Å². The van der Waals surface area contributed by atoms with Crippen molar-refractivity contribution < 1.29 is 9.26 Å². The Kier molecular flexibility index (Phi) is 3.69. The zero-order valence-corrected chi connectivity index (χ0v) is 9.03. The Morgan fingerprint density at radius 3 is 3.13 bits per heavy atom. The molecule has 2 heterocycles. The van der Waals surface area contributed by atoms with E-state index < -0.39 is 0 Å². The van der Waals surface area contributed by atoms with Crippen molar-refractivity contribution in [3.05, 3.63) is 11.7 Å². The lowest BCUT2D eigenvalue weighted by Gasteiger charge is -2.22. The molecule has 1 saturated heterocycles. The van der Waals surface area contributed by atoms with Gasteiger partial charge in [0.05, 0.1) is 6.61 Å². The molecule has 1 aromatic heterocycles. The second-order valence-corrected chi connectivity index (χ2v) is 3.85. The third-order valence-corrected chi connectivity index (χ3v) is 2.51. The molecule has 0 aromatic carbocycles. The van der Waals surface area contributed by atoms with Crippen LogP contribution in [0.25, 0.3) is 0 Å². The molecule has 5 heteroatoms. The summed E-state index contributed by atoms with van der Waals surface area (Å²) in [5.41, 5.74) is 0. The van der Waals surface area contributed by atoms with E-state index in [-0.39, 0.29) is 0 Å². The number of nitrogens with one attached hydrogen (secondary N) is 1. The summed E-state index contributed by atoms with van der Waals surface area (Å²) in [6, 6.07) is 0.492. The summed E-state index contributed by atoms with van der Waals surface area (Å²) in [5.74, 6) is 1.41. The molecule has 1 N–H and O–H groups in total. The normalized spacial score (nSPS) is 21.8. The molecule has 1 unspecified atom stereocenters. The van der Waals surface area contributed by atoms with Gasteiger partial charge in [-0.2, -0.15) is 4.98 Å². The van der Waals surface area contributed by atoms with Gasteiger partial charge in [-0.25, -0.2) is 0 Å². The Bertz CT molecular complexity index is 295. The topological polar surface area (TPSA) is 60.2 Å². The van der Waals surface area contributed by atoms with Crippen LogP contribution >= 0.6 is 0 Å².